The van der Waals surface area contributed by atoms with E-state index in [1.807, 2.05) is 30.3 Å². The molecule has 0 aliphatic carbocycles. The molecule has 160 valence electrons. The third-order valence-electron chi connectivity index (χ3n) is 5.47. The molecule has 8 nitrogen and oxygen atoms in total. The quantitative estimate of drug-likeness (QED) is 0.316. The van der Waals surface area contributed by atoms with Crippen molar-refractivity contribution in [2.45, 2.75) is 6.92 Å². The largest absolute Gasteiger partial charge is 0.506 e. The van der Waals surface area contributed by atoms with Gasteiger partial charge >= 0.3 is 0 Å². The van der Waals surface area contributed by atoms with Crippen molar-refractivity contribution >= 4 is 39.1 Å². The lowest BCUT2D eigenvalue weighted by Gasteiger charge is -2.01. The summed E-state index contributed by atoms with van der Waals surface area (Å²) in [6, 6.07) is 11.3. The average Bonchev–Trinajstić information content (AvgIpc) is 3.55. The van der Waals surface area contributed by atoms with Gasteiger partial charge in [-0.15, -0.1) is 11.3 Å². The van der Waals surface area contributed by atoms with Crippen LogP contribution in [-0.2, 0) is 0 Å². The summed E-state index contributed by atoms with van der Waals surface area (Å²) in [4.78, 5) is 29.8. The van der Waals surface area contributed by atoms with Crippen LogP contribution < -0.4 is 0 Å². The Kier molecular flexibility index (Phi) is 4.30. The number of carbonyl (C=O) groups excluding carboxylic acids is 1. The number of H-pyrrole nitrogens is 2. The fraction of sp³-hybridized carbons (Fsp3) is 0.0417. The zero-order valence-corrected chi connectivity index (χ0v) is 18.1. The molecule has 0 saturated carbocycles. The van der Waals surface area contributed by atoms with E-state index in [0.29, 0.717) is 11.3 Å². The first-order valence-corrected chi connectivity index (χ1v) is 11.0. The topological polar surface area (TPSA) is 120 Å². The van der Waals surface area contributed by atoms with E-state index in [2.05, 4.69) is 30.1 Å². The van der Waals surface area contributed by atoms with Crippen LogP contribution in [0, 0.1) is 0 Å². The van der Waals surface area contributed by atoms with Crippen molar-refractivity contribution in [1.29, 1.82) is 0 Å². The van der Waals surface area contributed by atoms with E-state index >= 15 is 0 Å². The molecule has 3 N–H and O–H groups in total. The van der Waals surface area contributed by atoms with Gasteiger partial charge in [0.1, 0.15) is 17.1 Å². The summed E-state index contributed by atoms with van der Waals surface area (Å²) in [6.45, 7) is 1.57. The molecular weight excluding hydrogens is 436 g/mol. The maximum Gasteiger partial charge on any atom is 0.169 e. The predicted molar refractivity (Wildman–Crippen MR) is 127 cm³/mol. The van der Waals surface area contributed by atoms with Crippen LogP contribution in [0.2, 0.25) is 0 Å². The van der Waals surface area contributed by atoms with Gasteiger partial charge in [-0.3, -0.25) is 19.9 Å². The first-order chi connectivity index (χ1) is 16.1. The number of aromatic hydroxyl groups is 1. The molecule has 6 rings (SSSR count). The summed E-state index contributed by atoms with van der Waals surface area (Å²) >= 11 is 1.47. The minimum Gasteiger partial charge on any atom is -0.506 e. The molecule has 33 heavy (non-hydrogen) atoms. The standard InChI is InChI=1S/C24H16N6O2S/c1-12(31)21-2-3-22(33-21)15-4-5-26-24-16(15)7-19(28-24)23-17-8-18(27-11-20(17)29-30-23)13-6-14(32)10-25-9-13/h2-11,32H,1H3,(H,26,28)(H,29,30). The fourth-order valence-electron chi connectivity index (χ4n) is 3.89. The Morgan fingerprint density at radius 1 is 1.03 bits per heavy atom. The maximum absolute atomic E-state index is 11.7. The number of carbonyl (C=O) groups is 1. The third kappa shape index (κ3) is 3.26. The second kappa shape index (κ2) is 7.35. The Morgan fingerprint density at radius 2 is 1.94 bits per heavy atom. The number of fused-ring (bicyclic) bond motifs is 2. The Morgan fingerprint density at radius 3 is 2.76 bits per heavy atom. The van der Waals surface area contributed by atoms with Crippen molar-refractivity contribution in [1.82, 2.24) is 30.1 Å². The molecule has 0 amide bonds. The highest BCUT2D eigenvalue weighted by atomic mass is 32.1. The zero-order valence-electron chi connectivity index (χ0n) is 17.3. The van der Waals surface area contributed by atoms with E-state index in [4.69, 9.17) is 0 Å². The van der Waals surface area contributed by atoms with Gasteiger partial charge in [0.2, 0.25) is 0 Å². The van der Waals surface area contributed by atoms with Crippen molar-refractivity contribution in [3.63, 3.8) is 0 Å². The number of ketones is 1. The molecule has 0 radical (unpaired) electrons. The highest BCUT2D eigenvalue weighted by Crippen LogP contribution is 2.36. The van der Waals surface area contributed by atoms with Crippen molar-refractivity contribution in [2.24, 2.45) is 0 Å². The Balaban J connectivity index is 1.48. The predicted octanol–water partition coefficient (Wildman–Crippen LogP) is 5.20. The summed E-state index contributed by atoms with van der Waals surface area (Å²) < 4.78 is 0. The SMILES string of the molecule is CC(=O)c1ccc(-c2ccnc3[nH]c(-c4n[nH]c5cnc(-c6cncc(O)c6)cc45)cc23)s1. The number of rotatable bonds is 4. The van der Waals surface area contributed by atoms with E-state index in [-0.39, 0.29) is 11.5 Å². The number of aromatic amines is 2. The number of thiophene rings is 1. The summed E-state index contributed by atoms with van der Waals surface area (Å²) in [7, 11) is 0. The van der Waals surface area contributed by atoms with Crippen LogP contribution in [0.4, 0.5) is 0 Å². The highest BCUT2D eigenvalue weighted by Gasteiger charge is 2.16. The summed E-state index contributed by atoms with van der Waals surface area (Å²) in [6.07, 6.45) is 6.51. The first kappa shape index (κ1) is 19.3. The number of nitrogens with one attached hydrogen (secondary N) is 2. The van der Waals surface area contributed by atoms with Crippen LogP contribution in [-0.4, -0.2) is 41.0 Å². The zero-order chi connectivity index (χ0) is 22.5. The van der Waals surface area contributed by atoms with Crippen LogP contribution in [0.1, 0.15) is 16.6 Å². The van der Waals surface area contributed by atoms with Crippen LogP contribution in [0.25, 0.3) is 55.0 Å². The molecule has 0 aliphatic heterocycles. The Bertz CT molecular complexity index is 1680. The molecule has 0 atom stereocenters. The van der Waals surface area contributed by atoms with E-state index in [1.165, 1.54) is 17.5 Å². The van der Waals surface area contributed by atoms with E-state index < -0.39 is 0 Å². The van der Waals surface area contributed by atoms with Gasteiger partial charge in [-0.05, 0) is 43.3 Å². The summed E-state index contributed by atoms with van der Waals surface area (Å²) in [5.41, 5.74) is 5.48. The lowest BCUT2D eigenvalue weighted by molar-refractivity contribution is 0.102. The van der Waals surface area contributed by atoms with Gasteiger partial charge in [-0.1, -0.05) is 0 Å². The summed E-state index contributed by atoms with van der Waals surface area (Å²) in [5.74, 6) is 0.137. The number of aromatic nitrogens is 6. The van der Waals surface area contributed by atoms with Crippen molar-refractivity contribution in [3.05, 3.63) is 66.1 Å². The normalized spacial score (nSPS) is 11.4. The number of nitrogens with zero attached hydrogens (tertiary/aromatic N) is 4. The molecule has 0 spiro atoms. The molecule has 0 aromatic carbocycles. The highest BCUT2D eigenvalue weighted by molar-refractivity contribution is 7.17. The second-order valence-electron chi connectivity index (χ2n) is 7.64. The molecule has 6 aromatic heterocycles. The van der Waals surface area contributed by atoms with Gasteiger partial charge < -0.3 is 10.1 Å². The van der Waals surface area contributed by atoms with E-state index in [9.17, 15) is 9.90 Å². The van der Waals surface area contributed by atoms with Crippen LogP contribution in [0.5, 0.6) is 5.75 Å². The molecular formula is C24H16N6O2S. The molecule has 0 fully saturated rings. The van der Waals surface area contributed by atoms with Gasteiger partial charge in [0.15, 0.2) is 5.78 Å². The van der Waals surface area contributed by atoms with Gasteiger partial charge in [0.25, 0.3) is 0 Å². The van der Waals surface area contributed by atoms with Gasteiger partial charge in [0.05, 0.1) is 34.2 Å². The van der Waals surface area contributed by atoms with Crippen molar-refractivity contribution in [2.75, 3.05) is 0 Å². The van der Waals surface area contributed by atoms with Gasteiger partial charge in [-0.25, -0.2) is 4.98 Å². The second-order valence-corrected chi connectivity index (χ2v) is 8.73. The first-order valence-electron chi connectivity index (χ1n) is 10.1. The van der Waals surface area contributed by atoms with Crippen molar-refractivity contribution < 1.29 is 9.90 Å². The number of Topliss-reactive ketones (excluding diaryl/α,β-unsaturated/α-hetero) is 1. The molecule has 9 heteroatoms. The third-order valence-corrected chi connectivity index (χ3v) is 6.69. The summed E-state index contributed by atoms with van der Waals surface area (Å²) in [5, 5.41) is 19.1. The molecule has 6 aromatic rings. The minimum atomic E-state index is 0.0562. The molecule has 0 unspecified atom stereocenters. The van der Waals surface area contributed by atoms with Crippen LogP contribution in [0.15, 0.2) is 61.2 Å². The lowest BCUT2D eigenvalue weighted by atomic mass is 10.1. The Labute approximate surface area is 191 Å². The molecule has 0 aliphatic rings. The number of hydrogen-bond acceptors (Lipinski definition) is 7. The van der Waals surface area contributed by atoms with Gasteiger partial charge in [0, 0.05) is 39.2 Å². The minimum absolute atomic E-state index is 0.0562. The Hall–Kier alpha value is -4.37. The van der Waals surface area contributed by atoms with Gasteiger partial charge in [-0.2, -0.15) is 5.10 Å². The molecule has 6 heterocycles. The van der Waals surface area contributed by atoms with Crippen LogP contribution in [0.3, 0.4) is 0 Å². The lowest BCUT2D eigenvalue weighted by Crippen LogP contribution is -1.85. The smallest absolute Gasteiger partial charge is 0.169 e. The van der Waals surface area contributed by atoms with Crippen molar-refractivity contribution in [3.8, 4) is 38.8 Å². The molecule has 0 bridgehead atoms. The number of pyridine rings is 3. The molecule has 0 saturated heterocycles. The average molecular weight is 452 g/mol. The van der Waals surface area contributed by atoms with E-state index in [1.54, 1.807) is 31.6 Å². The van der Waals surface area contributed by atoms with Crippen LogP contribution >= 0.6 is 11.3 Å². The maximum atomic E-state index is 11.7. The monoisotopic (exact) mass is 452 g/mol. The number of hydrogen-bond donors (Lipinski definition) is 3. The fourth-order valence-corrected chi connectivity index (χ4v) is 4.83. The van der Waals surface area contributed by atoms with E-state index in [0.717, 1.165) is 48.6 Å².